The molecule has 1 heterocycles. The topological polar surface area (TPSA) is 38.8 Å². The van der Waals surface area contributed by atoms with Crippen molar-refractivity contribution in [1.29, 1.82) is 0 Å². The van der Waals surface area contributed by atoms with Gasteiger partial charge in [-0.3, -0.25) is 9.98 Å². The quantitative estimate of drug-likeness (QED) is 0.289. The number of aliphatic imine (C=N–C) groups is 2. The Morgan fingerprint density at radius 3 is 1.45 bits per heavy atom. The van der Waals surface area contributed by atoms with E-state index in [1.54, 1.807) is 0 Å². The van der Waals surface area contributed by atoms with Gasteiger partial charge in [0.25, 0.3) is 0 Å². The molecule has 0 aromatic carbocycles. The maximum atomic E-state index is 5.20. The molecule has 0 radical (unpaired) electrons. The van der Waals surface area contributed by atoms with Crippen molar-refractivity contribution in [1.82, 2.24) is 0 Å². The fraction of sp³-hybridized carbons (Fsp3) is 0.913. The molecule has 1 aliphatic heterocycles. The summed E-state index contributed by atoms with van der Waals surface area (Å²) in [4.78, 5) is 10.3. The zero-order valence-electron chi connectivity index (χ0n) is 18.7. The summed E-state index contributed by atoms with van der Waals surface area (Å²) in [7, 11) is 9.53. The fourth-order valence-electron chi connectivity index (χ4n) is 5.18. The van der Waals surface area contributed by atoms with Crippen molar-refractivity contribution >= 4 is 31.6 Å². The van der Waals surface area contributed by atoms with E-state index >= 15 is 0 Å². The molecular formula is C23H40Cl2FeN3. The average Bonchev–Trinajstić information content (AvgIpc) is 2.72. The summed E-state index contributed by atoms with van der Waals surface area (Å²) < 4.78 is 0. The van der Waals surface area contributed by atoms with Crippen molar-refractivity contribution in [3.63, 3.8) is 0 Å². The first-order valence-corrected chi connectivity index (χ1v) is 14.6. The second-order valence-corrected chi connectivity index (χ2v) is 11.2. The summed E-state index contributed by atoms with van der Waals surface area (Å²) in [5, 5.41) is 5.20. The number of hydrogen-bond acceptors (Lipinski definition) is 2. The van der Waals surface area contributed by atoms with Gasteiger partial charge in [0.15, 0.2) is 0 Å². The van der Waals surface area contributed by atoms with Gasteiger partial charge in [-0.1, -0.05) is 70.9 Å². The standard InChI is InChI=1S/C23H40N3.2ClH.Fe/c1-16-10-5-7-12-20(16)24-18(3)22-14-9-15-23(26-22)19(4)25-21-13-8-6-11-17(21)2;;;/h16-17,20-23H,5-15H2,1-4H3;2*1H;/q-1;;;+3/p-2. The van der Waals surface area contributed by atoms with Crippen LogP contribution >= 0.6 is 20.2 Å². The molecule has 3 rings (SSSR count). The Bertz CT molecular complexity index is 496. The molecule has 6 unspecified atom stereocenters. The molecule has 0 amide bonds. The summed E-state index contributed by atoms with van der Waals surface area (Å²) in [5.74, 6) is 1.49. The molecule has 2 aliphatic carbocycles. The van der Waals surface area contributed by atoms with Crippen molar-refractivity contribution in [2.24, 2.45) is 21.8 Å². The zero-order chi connectivity index (χ0) is 21.2. The molecule has 3 fully saturated rings. The summed E-state index contributed by atoms with van der Waals surface area (Å²) in [5.41, 5.74) is 2.57. The van der Waals surface area contributed by atoms with Crippen LogP contribution in [0.4, 0.5) is 0 Å². The molecule has 169 valence electrons. The SMILES string of the molecule is CC(=NC1CCCCC1C)C1CCCC(C(C)=NC2CCCCC2C)[N-]1.[Cl][Fe+][Cl]. The first-order valence-electron chi connectivity index (χ1n) is 11.6. The van der Waals surface area contributed by atoms with E-state index in [4.69, 9.17) is 35.5 Å². The van der Waals surface area contributed by atoms with Crippen LogP contribution in [0.1, 0.15) is 98.3 Å². The van der Waals surface area contributed by atoms with Gasteiger partial charge in [-0.25, -0.2) is 0 Å². The number of rotatable bonds is 4. The van der Waals surface area contributed by atoms with Crippen LogP contribution in [-0.4, -0.2) is 35.6 Å². The van der Waals surface area contributed by atoms with Crippen LogP contribution in [-0.2, 0) is 13.1 Å². The molecule has 2 saturated carbocycles. The van der Waals surface area contributed by atoms with Gasteiger partial charge in [0.2, 0.25) is 0 Å². The van der Waals surface area contributed by atoms with E-state index in [-0.39, 0.29) is 13.1 Å². The molecule has 0 N–H and O–H groups in total. The number of hydrogen-bond donors (Lipinski definition) is 0. The van der Waals surface area contributed by atoms with Crippen molar-refractivity contribution in [3.05, 3.63) is 5.32 Å². The van der Waals surface area contributed by atoms with Gasteiger partial charge in [0, 0.05) is 0 Å². The van der Waals surface area contributed by atoms with Gasteiger partial charge < -0.3 is 5.32 Å². The summed E-state index contributed by atoms with van der Waals surface area (Å²) in [6.45, 7) is 9.22. The predicted molar refractivity (Wildman–Crippen MR) is 126 cm³/mol. The Labute approximate surface area is 193 Å². The first kappa shape index (κ1) is 25.7. The first-order chi connectivity index (χ1) is 14.0. The van der Waals surface area contributed by atoms with Crippen LogP contribution in [0.5, 0.6) is 0 Å². The third-order valence-electron chi connectivity index (χ3n) is 7.15. The van der Waals surface area contributed by atoms with Crippen molar-refractivity contribution in [3.8, 4) is 0 Å². The average molecular weight is 485 g/mol. The Balaban J connectivity index is 0.000000941. The van der Waals surface area contributed by atoms with Gasteiger partial charge in [-0.2, -0.15) is 0 Å². The second kappa shape index (κ2) is 13.7. The molecule has 3 aliphatic rings. The predicted octanol–water partition coefficient (Wildman–Crippen LogP) is 7.74. The zero-order valence-corrected chi connectivity index (χ0v) is 21.3. The Hall–Kier alpha value is 0.399. The second-order valence-electron chi connectivity index (χ2n) is 9.36. The van der Waals surface area contributed by atoms with E-state index in [0.717, 1.165) is 11.8 Å². The molecule has 6 atom stereocenters. The van der Waals surface area contributed by atoms with E-state index in [1.807, 2.05) is 0 Å². The molecule has 29 heavy (non-hydrogen) atoms. The van der Waals surface area contributed by atoms with Gasteiger partial charge in [0.1, 0.15) is 0 Å². The number of halogens is 2. The van der Waals surface area contributed by atoms with E-state index in [0.29, 0.717) is 24.2 Å². The molecule has 0 aromatic rings. The Kier molecular flexibility index (Phi) is 12.2. The summed E-state index contributed by atoms with van der Waals surface area (Å²) in [6, 6.07) is 1.74. The minimum atomic E-state index is 0.194. The molecular weight excluding hydrogens is 445 g/mol. The minimum absolute atomic E-state index is 0.194. The molecule has 0 bridgehead atoms. The van der Waals surface area contributed by atoms with E-state index < -0.39 is 0 Å². The van der Waals surface area contributed by atoms with Crippen molar-refractivity contribution in [2.75, 3.05) is 0 Å². The van der Waals surface area contributed by atoms with Gasteiger partial charge in [-0.05, 0) is 62.8 Å². The third kappa shape index (κ3) is 8.45. The number of piperidine rings is 1. The van der Waals surface area contributed by atoms with Gasteiger partial charge in [-0.15, -0.1) is 0 Å². The molecule has 6 heteroatoms. The van der Waals surface area contributed by atoms with Crippen LogP contribution in [0.3, 0.4) is 0 Å². The molecule has 1 saturated heterocycles. The third-order valence-corrected chi connectivity index (χ3v) is 7.15. The maximum absolute atomic E-state index is 5.20. The van der Waals surface area contributed by atoms with Crippen molar-refractivity contribution < 1.29 is 13.1 Å². The van der Waals surface area contributed by atoms with Crippen LogP contribution in [0.25, 0.3) is 5.32 Å². The van der Waals surface area contributed by atoms with Crippen molar-refractivity contribution in [2.45, 2.75) is 122 Å². The number of nitrogens with zero attached hydrogens (tertiary/aromatic N) is 3. The van der Waals surface area contributed by atoms with E-state index in [1.165, 1.54) is 82.1 Å². The monoisotopic (exact) mass is 484 g/mol. The van der Waals surface area contributed by atoms with E-state index in [2.05, 4.69) is 27.7 Å². The molecule has 3 nitrogen and oxygen atoms in total. The van der Waals surface area contributed by atoms with Crippen LogP contribution in [0.2, 0.25) is 0 Å². The summed E-state index contributed by atoms with van der Waals surface area (Å²) >= 11 is 0.194. The normalized spacial score (nSPS) is 36.9. The fourth-order valence-corrected chi connectivity index (χ4v) is 5.18. The van der Waals surface area contributed by atoms with E-state index in [9.17, 15) is 0 Å². The van der Waals surface area contributed by atoms with Gasteiger partial charge >= 0.3 is 33.3 Å². The van der Waals surface area contributed by atoms with Gasteiger partial charge in [0.05, 0.1) is 12.1 Å². The van der Waals surface area contributed by atoms with Crippen LogP contribution in [0.15, 0.2) is 9.98 Å². The summed E-state index contributed by atoms with van der Waals surface area (Å²) in [6.07, 6.45) is 14.3. The van der Waals surface area contributed by atoms with Crippen LogP contribution in [0, 0.1) is 11.8 Å². The Morgan fingerprint density at radius 1 is 0.690 bits per heavy atom. The molecule has 0 spiro atoms. The molecule has 0 aromatic heterocycles. The Morgan fingerprint density at radius 2 is 1.07 bits per heavy atom. The van der Waals surface area contributed by atoms with Crippen LogP contribution < -0.4 is 0 Å².